The predicted octanol–water partition coefficient (Wildman–Crippen LogP) is 4.26. The standard InChI is InChI=1S/C12H8BrF/c13-11-8-4-7-10(12(11)14)9-5-2-1-3-6-9/h1-8H. The minimum atomic E-state index is -0.210. The zero-order chi connectivity index (χ0) is 9.97. The smallest absolute Gasteiger partial charge is 0.145 e. The molecule has 0 bridgehead atoms. The van der Waals surface area contributed by atoms with E-state index < -0.39 is 0 Å². The Morgan fingerprint density at radius 2 is 1.57 bits per heavy atom. The summed E-state index contributed by atoms with van der Waals surface area (Å²) >= 11 is 3.17. The summed E-state index contributed by atoms with van der Waals surface area (Å²) in [5, 5.41) is 0. The lowest BCUT2D eigenvalue weighted by Gasteiger charge is -2.03. The third-order valence-corrected chi connectivity index (χ3v) is 2.65. The quantitative estimate of drug-likeness (QED) is 0.710. The fraction of sp³-hybridized carbons (Fsp3) is 0. The van der Waals surface area contributed by atoms with E-state index in [1.54, 1.807) is 12.1 Å². The Morgan fingerprint density at radius 3 is 2.29 bits per heavy atom. The summed E-state index contributed by atoms with van der Waals surface area (Å²) in [6.07, 6.45) is 0. The molecule has 0 heterocycles. The van der Waals surface area contributed by atoms with Crippen LogP contribution in [0.4, 0.5) is 4.39 Å². The SMILES string of the molecule is Fc1c(Br)cccc1-c1ccccc1. The van der Waals surface area contributed by atoms with Crippen LogP contribution in [0.1, 0.15) is 0 Å². The Labute approximate surface area is 90.5 Å². The first-order valence-corrected chi connectivity index (χ1v) is 5.08. The van der Waals surface area contributed by atoms with Crippen LogP contribution in [0.2, 0.25) is 0 Å². The number of hydrogen-bond acceptors (Lipinski definition) is 0. The lowest BCUT2D eigenvalue weighted by atomic mass is 10.1. The van der Waals surface area contributed by atoms with Crippen molar-refractivity contribution in [2.24, 2.45) is 0 Å². The fourth-order valence-electron chi connectivity index (χ4n) is 1.34. The summed E-state index contributed by atoms with van der Waals surface area (Å²) in [4.78, 5) is 0. The zero-order valence-corrected chi connectivity index (χ0v) is 8.96. The molecule has 2 heteroatoms. The van der Waals surface area contributed by atoms with E-state index in [1.165, 1.54) is 0 Å². The molecule has 70 valence electrons. The highest BCUT2D eigenvalue weighted by Gasteiger charge is 2.06. The minimum absolute atomic E-state index is 0.210. The summed E-state index contributed by atoms with van der Waals surface area (Å²) in [7, 11) is 0. The summed E-state index contributed by atoms with van der Waals surface area (Å²) < 4.78 is 14.1. The van der Waals surface area contributed by atoms with Crippen molar-refractivity contribution in [3.63, 3.8) is 0 Å². The Hall–Kier alpha value is -1.15. The normalized spacial score (nSPS) is 10.1. The van der Waals surface area contributed by atoms with Gasteiger partial charge in [-0.1, -0.05) is 42.5 Å². The van der Waals surface area contributed by atoms with Crippen LogP contribution in [0.5, 0.6) is 0 Å². The van der Waals surface area contributed by atoms with E-state index in [0.717, 1.165) is 5.56 Å². The lowest BCUT2D eigenvalue weighted by molar-refractivity contribution is 0.624. The Balaban J connectivity index is 2.58. The van der Waals surface area contributed by atoms with Gasteiger partial charge in [0.05, 0.1) is 4.47 Å². The molecule has 0 aliphatic rings. The molecule has 0 unspecified atom stereocenters. The van der Waals surface area contributed by atoms with Crippen LogP contribution in [-0.2, 0) is 0 Å². The largest absolute Gasteiger partial charge is 0.205 e. The van der Waals surface area contributed by atoms with E-state index in [2.05, 4.69) is 15.9 Å². The van der Waals surface area contributed by atoms with E-state index in [0.29, 0.717) is 10.0 Å². The van der Waals surface area contributed by atoms with Gasteiger partial charge in [-0.3, -0.25) is 0 Å². The van der Waals surface area contributed by atoms with Gasteiger partial charge < -0.3 is 0 Å². The van der Waals surface area contributed by atoms with Gasteiger partial charge in [-0.15, -0.1) is 0 Å². The van der Waals surface area contributed by atoms with Gasteiger partial charge in [-0.05, 0) is 27.6 Å². The second-order valence-electron chi connectivity index (χ2n) is 2.97. The molecule has 2 aromatic carbocycles. The molecule has 0 radical (unpaired) electrons. The predicted molar refractivity (Wildman–Crippen MR) is 59.5 cm³/mol. The van der Waals surface area contributed by atoms with Crippen molar-refractivity contribution >= 4 is 15.9 Å². The van der Waals surface area contributed by atoms with E-state index in [9.17, 15) is 4.39 Å². The summed E-state index contributed by atoms with van der Waals surface area (Å²) in [6.45, 7) is 0. The molecule has 0 aliphatic heterocycles. The van der Waals surface area contributed by atoms with Crippen LogP contribution in [0.25, 0.3) is 11.1 Å². The number of rotatable bonds is 1. The molecule has 0 saturated carbocycles. The highest BCUT2D eigenvalue weighted by atomic mass is 79.9. The molecule has 2 aromatic rings. The van der Waals surface area contributed by atoms with Gasteiger partial charge >= 0.3 is 0 Å². The fourth-order valence-corrected chi connectivity index (χ4v) is 1.71. The molecule has 0 aromatic heterocycles. The molecule has 0 atom stereocenters. The molecule has 0 N–H and O–H groups in total. The van der Waals surface area contributed by atoms with E-state index >= 15 is 0 Å². The van der Waals surface area contributed by atoms with Crippen molar-refractivity contribution < 1.29 is 4.39 Å². The van der Waals surface area contributed by atoms with Crippen LogP contribution in [-0.4, -0.2) is 0 Å². The van der Waals surface area contributed by atoms with Gasteiger partial charge in [0.25, 0.3) is 0 Å². The maximum atomic E-state index is 13.6. The highest BCUT2D eigenvalue weighted by molar-refractivity contribution is 9.10. The summed E-state index contributed by atoms with van der Waals surface area (Å²) in [6, 6.07) is 14.8. The first kappa shape index (κ1) is 9.41. The third-order valence-electron chi connectivity index (χ3n) is 2.04. The second kappa shape index (κ2) is 3.93. The average Bonchev–Trinajstić information content (AvgIpc) is 2.23. The van der Waals surface area contributed by atoms with Crippen molar-refractivity contribution in [2.75, 3.05) is 0 Å². The number of hydrogen-bond donors (Lipinski definition) is 0. The monoisotopic (exact) mass is 250 g/mol. The van der Waals surface area contributed by atoms with Crippen molar-refractivity contribution in [2.45, 2.75) is 0 Å². The summed E-state index contributed by atoms with van der Waals surface area (Å²) in [5.41, 5.74) is 1.52. The second-order valence-corrected chi connectivity index (χ2v) is 3.82. The van der Waals surface area contributed by atoms with Crippen LogP contribution < -0.4 is 0 Å². The van der Waals surface area contributed by atoms with Crippen LogP contribution in [0.3, 0.4) is 0 Å². The van der Waals surface area contributed by atoms with Crippen LogP contribution in [0.15, 0.2) is 53.0 Å². The maximum Gasteiger partial charge on any atom is 0.145 e. The molecule has 0 spiro atoms. The van der Waals surface area contributed by atoms with Crippen LogP contribution >= 0.6 is 15.9 Å². The topological polar surface area (TPSA) is 0 Å². The molecular weight excluding hydrogens is 243 g/mol. The molecule has 2 rings (SSSR count). The Morgan fingerprint density at radius 1 is 0.857 bits per heavy atom. The first-order valence-electron chi connectivity index (χ1n) is 4.28. The van der Waals surface area contributed by atoms with Gasteiger partial charge in [-0.2, -0.15) is 0 Å². The molecule has 0 saturated heterocycles. The van der Waals surface area contributed by atoms with Gasteiger partial charge in [0, 0.05) is 5.56 Å². The van der Waals surface area contributed by atoms with Gasteiger partial charge in [0.1, 0.15) is 5.82 Å². The van der Waals surface area contributed by atoms with E-state index in [4.69, 9.17) is 0 Å². The lowest BCUT2D eigenvalue weighted by Crippen LogP contribution is -1.84. The summed E-state index contributed by atoms with van der Waals surface area (Å²) in [5.74, 6) is -0.210. The third kappa shape index (κ3) is 1.70. The number of benzene rings is 2. The van der Waals surface area contributed by atoms with Crippen molar-refractivity contribution in [1.82, 2.24) is 0 Å². The van der Waals surface area contributed by atoms with Crippen LogP contribution in [0, 0.1) is 5.82 Å². The minimum Gasteiger partial charge on any atom is -0.205 e. The Kier molecular flexibility index (Phi) is 2.64. The van der Waals surface area contributed by atoms with Gasteiger partial charge in [0.2, 0.25) is 0 Å². The highest BCUT2D eigenvalue weighted by Crippen LogP contribution is 2.27. The molecule has 0 aliphatic carbocycles. The zero-order valence-electron chi connectivity index (χ0n) is 7.37. The van der Waals surface area contributed by atoms with Crippen molar-refractivity contribution in [3.05, 3.63) is 58.8 Å². The average molecular weight is 251 g/mol. The van der Waals surface area contributed by atoms with Gasteiger partial charge in [0.15, 0.2) is 0 Å². The molecule has 0 fully saturated rings. The van der Waals surface area contributed by atoms with Crippen molar-refractivity contribution in [1.29, 1.82) is 0 Å². The number of halogens is 2. The molecule has 0 amide bonds. The van der Waals surface area contributed by atoms with E-state index in [-0.39, 0.29) is 5.82 Å². The Bertz CT molecular complexity index is 437. The maximum absolute atomic E-state index is 13.6. The first-order chi connectivity index (χ1) is 6.79. The van der Waals surface area contributed by atoms with Crippen molar-refractivity contribution in [3.8, 4) is 11.1 Å². The molecule has 14 heavy (non-hydrogen) atoms. The van der Waals surface area contributed by atoms with Gasteiger partial charge in [-0.25, -0.2) is 4.39 Å². The molecular formula is C12H8BrF. The molecule has 0 nitrogen and oxygen atoms in total. The van der Waals surface area contributed by atoms with E-state index in [1.807, 2.05) is 36.4 Å².